The summed E-state index contributed by atoms with van der Waals surface area (Å²) < 4.78 is 6.94. The van der Waals surface area contributed by atoms with E-state index in [0.717, 1.165) is 43.9 Å². The van der Waals surface area contributed by atoms with E-state index in [1.807, 2.05) is 36.8 Å². The number of aromatic nitrogens is 3. The van der Waals surface area contributed by atoms with Crippen molar-refractivity contribution in [2.45, 2.75) is 13.1 Å². The Morgan fingerprint density at radius 3 is 2.48 bits per heavy atom. The molecule has 168 valence electrons. The summed E-state index contributed by atoms with van der Waals surface area (Å²) in [7, 11) is 1.39. The van der Waals surface area contributed by atoms with Gasteiger partial charge in [0.15, 0.2) is 0 Å². The molecule has 1 aliphatic heterocycles. The van der Waals surface area contributed by atoms with E-state index in [0.29, 0.717) is 12.1 Å². The average Bonchev–Trinajstić information content (AvgIpc) is 3.28. The van der Waals surface area contributed by atoms with Crippen molar-refractivity contribution < 1.29 is 9.53 Å². The van der Waals surface area contributed by atoms with Gasteiger partial charge in [-0.15, -0.1) is 0 Å². The Morgan fingerprint density at radius 2 is 1.76 bits per heavy atom. The Labute approximate surface area is 193 Å². The van der Waals surface area contributed by atoms with Crippen LogP contribution in [-0.2, 0) is 17.8 Å². The van der Waals surface area contributed by atoms with E-state index in [1.165, 1.54) is 23.7 Å². The standard InChI is InChI=1S/C26H27N5O2/c1-33-26(32)22-6-4-20(5-7-22)19-31-12-9-23-24(8-11-28-25(23)31)30-15-13-29(14-16-30)18-21-3-2-10-27-17-21/h2-12,17H,13-16,18-19H2,1H3. The zero-order chi connectivity index (χ0) is 22.6. The van der Waals surface area contributed by atoms with Crippen LogP contribution in [0.4, 0.5) is 5.69 Å². The molecule has 0 N–H and O–H groups in total. The van der Waals surface area contributed by atoms with Crippen LogP contribution in [-0.4, -0.2) is 58.7 Å². The number of pyridine rings is 2. The Bertz CT molecular complexity index is 1230. The number of hydrogen-bond acceptors (Lipinski definition) is 6. The molecule has 0 amide bonds. The lowest BCUT2D eigenvalue weighted by Gasteiger charge is -2.36. The first-order chi connectivity index (χ1) is 16.2. The number of anilines is 1. The van der Waals surface area contributed by atoms with Gasteiger partial charge in [-0.2, -0.15) is 0 Å². The van der Waals surface area contributed by atoms with Crippen LogP contribution in [0.3, 0.4) is 0 Å². The molecule has 7 heteroatoms. The highest BCUT2D eigenvalue weighted by molar-refractivity contribution is 5.90. The predicted octanol–water partition coefficient (Wildman–Crippen LogP) is 3.59. The number of carbonyl (C=O) groups excluding carboxylic acids is 1. The molecule has 0 bridgehead atoms. The molecular weight excluding hydrogens is 414 g/mol. The molecule has 7 nitrogen and oxygen atoms in total. The van der Waals surface area contributed by atoms with Gasteiger partial charge in [0.2, 0.25) is 0 Å². The Hall–Kier alpha value is -3.71. The zero-order valence-electron chi connectivity index (χ0n) is 18.7. The molecule has 1 aliphatic rings. The second-order valence-corrected chi connectivity index (χ2v) is 8.32. The fourth-order valence-corrected chi connectivity index (χ4v) is 4.44. The number of nitrogens with zero attached hydrogens (tertiary/aromatic N) is 5. The number of methoxy groups -OCH3 is 1. The van der Waals surface area contributed by atoms with Crippen molar-refractivity contribution in [3.63, 3.8) is 0 Å². The summed E-state index contributed by atoms with van der Waals surface area (Å²) in [5.74, 6) is -0.320. The molecule has 3 aromatic heterocycles. The van der Waals surface area contributed by atoms with Gasteiger partial charge in [0, 0.05) is 75.1 Å². The number of fused-ring (bicyclic) bond motifs is 1. The number of benzene rings is 1. The third-order valence-corrected chi connectivity index (χ3v) is 6.21. The summed E-state index contributed by atoms with van der Waals surface area (Å²) in [6.07, 6.45) is 7.76. The topological polar surface area (TPSA) is 63.5 Å². The van der Waals surface area contributed by atoms with E-state index in [4.69, 9.17) is 4.74 Å². The van der Waals surface area contributed by atoms with E-state index in [-0.39, 0.29) is 5.97 Å². The molecule has 4 aromatic rings. The van der Waals surface area contributed by atoms with E-state index in [9.17, 15) is 4.79 Å². The molecular formula is C26H27N5O2. The van der Waals surface area contributed by atoms with Gasteiger partial charge in [-0.05, 0) is 41.5 Å². The van der Waals surface area contributed by atoms with Gasteiger partial charge < -0.3 is 14.2 Å². The largest absolute Gasteiger partial charge is 0.465 e. The van der Waals surface area contributed by atoms with E-state index < -0.39 is 0 Å². The minimum Gasteiger partial charge on any atom is -0.465 e. The molecule has 5 rings (SSSR count). The molecule has 1 aromatic carbocycles. The number of esters is 1. The van der Waals surface area contributed by atoms with E-state index in [2.05, 4.69) is 48.7 Å². The van der Waals surface area contributed by atoms with Crippen LogP contribution < -0.4 is 4.90 Å². The number of carbonyl (C=O) groups is 1. The van der Waals surface area contributed by atoms with E-state index >= 15 is 0 Å². The fraction of sp³-hybridized carbons (Fsp3) is 0.269. The monoisotopic (exact) mass is 441 g/mol. The average molecular weight is 442 g/mol. The van der Waals surface area contributed by atoms with Crippen LogP contribution in [0.5, 0.6) is 0 Å². The summed E-state index contributed by atoms with van der Waals surface area (Å²) in [5, 5.41) is 1.17. The minimum absolute atomic E-state index is 0.320. The van der Waals surface area contributed by atoms with Gasteiger partial charge in [0.05, 0.1) is 12.7 Å². The maximum Gasteiger partial charge on any atom is 0.337 e. The Morgan fingerprint density at radius 1 is 0.939 bits per heavy atom. The molecule has 1 fully saturated rings. The van der Waals surface area contributed by atoms with Gasteiger partial charge in [0.1, 0.15) is 5.65 Å². The molecule has 0 atom stereocenters. The highest BCUT2D eigenvalue weighted by Gasteiger charge is 2.20. The van der Waals surface area contributed by atoms with Crippen molar-refractivity contribution >= 4 is 22.7 Å². The van der Waals surface area contributed by atoms with Gasteiger partial charge in [-0.3, -0.25) is 9.88 Å². The van der Waals surface area contributed by atoms with Gasteiger partial charge >= 0.3 is 5.97 Å². The highest BCUT2D eigenvalue weighted by Crippen LogP contribution is 2.28. The van der Waals surface area contributed by atoms with E-state index in [1.54, 1.807) is 12.1 Å². The molecule has 1 saturated heterocycles. The summed E-state index contributed by atoms with van der Waals surface area (Å²) in [4.78, 5) is 25.5. The smallest absolute Gasteiger partial charge is 0.337 e. The third-order valence-electron chi connectivity index (χ3n) is 6.21. The van der Waals surface area contributed by atoms with Crippen LogP contribution in [0, 0.1) is 0 Å². The van der Waals surface area contributed by atoms with Crippen molar-refractivity contribution in [1.82, 2.24) is 19.4 Å². The lowest BCUT2D eigenvalue weighted by molar-refractivity contribution is 0.0600. The Kier molecular flexibility index (Phi) is 6.04. The number of hydrogen-bond donors (Lipinski definition) is 0. The quantitative estimate of drug-likeness (QED) is 0.426. The molecule has 4 heterocycles. The summed E-state index contributed by atoms with van der Waals surface area (Å²) in [6.45, 7) is 5.65. The first-order valence-corrected chi connectivity index (χ1v) is 11.2. The van der Waals surface area contributed by atoms with Crippen molar-refractivity contribution in [3.05, 3.63) is 90.0 Å². The number of piperazine rings is 1. The first kappa shape index (κ1) is 21.2. The zero-order valence-corrected chi connectivity index (χ0v) is 18.7. The van der Waals surface area contributed by atoms with Gasteiger partial charge in [0.25, 0.3) is 0 Å². The summed E-state index contributed by atoms with van der Waals surface area (Å²) in [5.41, 5.74) is 5.13. The van der Waals surface area contributed by atoms with Crippen molar-refractivity contribution in [2.75, 3.05) is 38.2 Å². The maximum atomic E-state index is 11.7. The number of ether oxygens (including phenoxy) is 1. The van der Waals surface area contributed by atoms with Crippen LogP contribution in [0.15, 0.2) is 73.3 Å². The summed E-state index contributed by atoms with van der Waals surface area (Å²) >= 11 is 0. The van der Waals surface area contributed by atoms with Crippen molar-refractivity contribution in [1.29, 1.82) is 0 Å². The maximum absolute atomic E-state index is 11.7. The highest BCUT2D eigenvalue weighted by atomic mass is 16.5. The van der Waals surface area contributed by atoms with Gasteiger partial charge in [-0.1, -0.05) is 18.2 Å². The lowest BCUT2D eigenvalue weighted by atomic mass is 10.1. The fourth-order valence-electron chi connectivity index (χ4n) is 4.44. The predicted molar refractivity (Wildman–Crippen MR) is 128 cm³/mol. The lowest BCUT2D eigenvalue weighted by Crippen LogP contribution is -2.46. The van der Waals surface area contributed by atoms with Crippen LogP contribution in [0.25, 0.3) is 11.0 Å². The molecule has 0 spiro atoms. The second-order valence-electron chi connectivity index (χ2n) is 8.32. The SMILES string of the molecule is COC(=O)c1ccc(Cn2ccc3c(N4CCN(Cc5cccnc5)CC4)ccnc32)cc1. The van der Waals surface area contributed by atoms with Crippen LogP contribution in [0.2, 0.25) is 0 Å². The molecule has 0 radical (unpaired) electrons. The molecule has 0 unspecified atom stereocenters. The second kappa shape index (κ2) is 9.42. The summed E-state index contributed by atoms with van der Waals surface area (Å²) in [6, 6.07) is 15.9. The number of rotatable bonds is 6. The molecule has 0 saturated carbocycles. The van der Waals surface area contributed by atoms with Crippen molar-refractivity contribution in [3.8, 4) is 0 Å². The first-order valence-electron chi connectivity index (χ1n) is 11.2. The normalized spacial score (nSPS) is 14.5. The molecule has 33 heavy (non-hydrogen) atoms. The van der Waals surface area contributed by atoms with Crippen LogP contribution >= 0.6 is 0 Å². The minimum atomic E-state index is -0.320. The van der Waals surface area contributed by atoms with Crippen LogP contribution in [0.1, 0.15) is 21.5 Å². The molecule has 0 aliphatic carbocycles. The van der Waals surface area contributed by atoms with Gasteiger partial charge in [-0.25, -0.2) is 9.78 Å². The third kappa shape index (κ3) is 4.59. The Balaban J connectivity index is 1.28. The van der Waals surface area contributed by atoms with Crippen molar-refractivity contribution in [2.24, 2.45) is 0 Å².